The predicted molar refractivity (Wildman–Crippen MR) is 98.5 cm³/mol. The normalized spacial score (nSPS) is 17.0. The number of aromatic nitrogens is 3. The lowest BCUT2D eigenvalue weighted by atomic mass is 10.1. The third kappa shape index (κ3) is 4.38. The van der Waals surface area contributed by atoms with E-state index in [-0.39, 0.29) is 12.1 Å². The minimum Gasteiger partial charge on any atom is -0.314 e. The number of amides is 2. The van der Waals surface area contributed by atoms with Gasteiger partial charge >= 0.3 is 6.03 Å². The molecule has 1 atom stereocenters. The van der Waals surface area contributed by atoms with Crippen molar-refractivity contribution in [1.82, 2.24) is 20.1 Å². The highest BCUT2D eigenvalue weighted by Gasteiger charge is 2.32. The fourth-order valence-corrected chi connectivity index (χ4v) is 3.32. The molecule has 1 aromatic carbocycles. The fourth-order valence-electron chi connectivity index (χ4n) is 3.32. The number of hydrogen-bond acceptors (Lipinski definition) is 3. The lowest BCUT2D eigenvalue weighted by Crippen LogP contribution is -2.34. The molecule has 134 valence electrons. The lowest BCUT2D eigenvalue weighted by molar-refractivity contribution is 0.205. The van der Waals surface area contributed by atoms with Gasteiger partial charge in [-0.1, -0.05) is 31.9 Å². The number of unbranched alkanes of at least 4 members (excludes halogenated alkanes) is 2. The van der Waals surface area contributed by atoms with Crippen molar-refractivity contribution in [2.45, 2.75) is 58.4 Å². The van der Waals surface area contributed by atoms with Gasteiger partial charge in [-0.3, -0.25) is 5.10 Å². The summed E-state index contributed by atoms with van der Waals surface area (Å²) in [7, 11) is 0. The van der Waals surface area contributed by atoms with E-state index in [4.69, 9.17) is 0 Å². The second-order valence-electron chi connectivity index (χ2n) is 6.71. The van der Waals surface area contributed by atoms with Crippen molar-refractivity contribution in [2.24, 2.45) is 0 Å². The van der Waals surface area contributed by atoms with Gasteiger partial charge in [0.05, 0.1) is 6.04 Å². The number of carbonyl (C=O) groups excluding carboxylic acids is 1. The van der Waals surface area contributed by atoms with Crippen LogP contribution in [0.5, 0.6) is 0 Å². The Morgan fingerprint density at radius 2 is 2.12 bits per heavy atom. The summed E-state index contributed by atoms with van der Waals surface area (Å²) in [5, 5.41) is 10.1. The molecule has 0 saturated carbocycles. The van der Waals surface area contributed by atoms with Gasteiger partial charge in [-0.25, -0.2) is 9.78 Å². The Kier molecular flexibility index (Phi) is 5.68. The van der Waals surface area contributed by atoms with Crippen molar-refractivity contribution in [3.8, 4) is 0 Å². The molecule has 1 aliphatic rings. The van der Waals surface area contributed by atoms with Crippen LogP contribution >= 0.6 is 0 Å². The van der Waals surface area contributed by atoms with Crippen molar-refractivity contribution >= 4 is 11.7 Å². The van der Waals surface area contributed by atoms with Crippen molar-refractivity contribution in [3.63, 3.8) is 0 Å². The molecule has 0 unspecified atom stereocenters. The maximum absolute atomic E-state index is 12.7. The van der Waals surface area contributed by atoms with Gasteiger partial charge < -0.3 is 10.2 Å². The first-order valence-electron chi connectivity index (χ1n) is 9.23. The Morgan fingerprint density at radius 1 is 1.32 bits per heavy atom. The van der Waals surface area contributed by atoms with E-state index < -0.39 is 0 Å². The summed E-state index contributed by atoms with van der Waals surface area (Å²) >= 11 is 0. The van der Waals surface area contributed by atoms with Crippen LogP contribution in [0.4, 0.5) is 10.5 Å². The van der Waals surface area contributed by atoms with Crippen LogP contribution in [0.25, 0.3) is 0 Å². The van der Waals surface area contributed by atoms with Crippen molar-refractivity contribution in [3.05, 3.63) is 41.5 Å². The van der Waals surface area contributed by atoms with E-state index in [1.165, 1.54) is 24.8 Å². The SMILES string of the molecule is CCCCCc1ccc(NC(=O)N2CCC[C@H]2c2n[nH]c(C)n2)cc1. The van der Waals surface area contributed by atoms with E-state index in [0.29, 0.717) is 5.82 Å². The average Bonchev–Trinajstić information content (AvgIpc) is 3.25. The maximum atomic E-state index is 12.7. The summed E-state index contributed by atoms with van der Waals surface area (Å²) in [5.74, 6) is 1.48. The third-order valence-corrected chi connectivity index (χ3v) is 4.70. The van der Waals surface area contributed by atoms with Gasteiger partial charge in [-0.15, -0.1) is 0 Å². The molecule has 0 aliphatic carbocycles. The number of hydrogen-bond donors (Lipinski definition) is 2. The number of aromatic amines is 1. The number of benzene rings is 1. The van der Waals surface area contributed by atoms with E-state index in [2.05, 4.69) is 39.6 Å². The Morgan fingerprint density at radius 3 is 2.80 bits per heavy atom. The molecular weight excluding hydrogens is 314 g/mol. The molecule has 2 heterocycles. The van der Waals surface area contributed by atoms with Crippen LogP contribution in [-0.2, 0) is 6.42 Å². The first kappa shape index (κ1) is 17.5. The lowest BCUT2D eigenvalue weighted by Gasteiger charge is -2.23. The molecule has 3 rings (SSSR count). The Hall–Kier alpha value is -2.37. The second-order valence-corrected chi connectivity index (χ2v) is 6.71. The summed E-state index contributed by atoms with van der Waals surface area (Å²) in [6.07, 6.45) is 6.68. The van der Waals surface area contributed by atoms with Gasteiger partial charge in [0, 0.05) is 12.2 Å². The zero-order valence-corrected chi connectivity index (χ0v) is 15.1. The van der Waals surface area contributed by atoms with E-state index in [9.17, 15) is 4.79 Å². The number of nitrogens with zero attached hydrogens (tertiary/aromatic N) is 3. The summed E-state index contributed by atoms with van der Waals surface area (Å²) in [4.78, 5) is 18.9. The van der Waals surface area contributed by atoms with Crippen molar-refractivity contribution < 1.29 is 4.79 Å². The van der Waals surface area contributed by atoms with Gasteiger partial charge in [0.15, 0.2) is 5.82 Å². The zero-order chi connectivity index (χ0) is 17.6. The monoisotopic (exact) mass is 341 g/mol. The van der Waals surface area contributed by atoms with Gasteiger partial charge in [0.2, 0.25) is 0 Å². The Balaban J connectivity index is 1.59. The topological polar surface area (TPSA) is 73.9 Å². The summed E-state index contributed by atoms with van der Waals surface area (Å²) in [5.41, 5.74) is 2.16. The van der Waals surface area contributed by atoms with E-state index >= 15 is 0 Å². The van der Waals surface area contributed by atoms with Gasteiger partial charge in [-0.05, 0) is 50.3 Å². The van der Waals surface area contributed by atoms with Crippen molar-refractivity contribution in [2.75, 3.05) is 11.9 Å². The molecule has 2 amide bonds. The third-order valence-electron chi connectivity index (χ3n) is 4.70. The Labute approximate surface area is 149 Å². The number of anilines is 1. The molecule has 6 heteroatoms. The number of carbonyl (C=O) groups is 1. The quantitative estimate of drug-likeness (QED) is 0.773. The first-order chi connectivity index (χ1) is 12.2. The van der Waals surface area contributed by atoms with Crippen LogP contribution in [0.2, 0.25) is 0 Å². The van der Waals surface area contributed by atoms with Gasteiger partial charge in [0.25, 0.3) is 0 Å². The molecule has 1 aliphatic heterocycles. The molecule has 1 fully saturated rings. The minimum atomic E-state index is -0.0799. The van der Waals surface area contributed by atoms with Gasteiger partial charge in [0.1, 0.15) is 5.82 Å². The largest absolute Gasteiger partial charge is 0.322 e. The van der Waals surface area contributed by atoms with Crippen LogP contribution in [-0.4, -0.2) is 32.7 Å². The summed E-state index contributed by atoms with van der Waals surface area (Å²) in [6.45, 7) is 4.82. The number of nitrogens with one attached hydrogen (secondary N) is 2. The molecular formula is C19H27N5O. The standard InChI is InChI=1S/C19H27N5O/c1-3-4-5-7-15-9-11-16(12-10-15)21-19(25)24-13-6-8-17(24)18-20-14(2)22-23-18/h9-12,17H,3-8,13H2,1-2H3,(H,21,25)(H,20,22,23)/t17-/m0/s1. The van der Waals surface area contributed by atoms with Crippen LogP contribution in [0.15, 0.2) is 24.3 Å². The molecule has 1 saturated heterocycles. The number of rotatable bonds is 6. The van der Waals surface area contributed by atoms with Crippen LogP contribution in [0.3, 0.4) is 0 Å². The molecule has 0 bridgehead atoms. The highest BCUT2D eigenvalue weighted by Crippen LogP contribution is 2.30. The zero-order valence-electron chi connectivity index (χ0n) is 15.1. The number of aryl methyl sites for hydroxylation is 2. The fraction of sp³-hybridized carbons (Fsp3) is 0.526. The smallest absolute Gasteiger partial charge is 0.314 e. The predicted octanol–water partition coefficient (Wildman–Crippen LogP) is 4.21. The Bertz CT molecular complexity index is 694. The van der Waals surface area contributed by atoms with E-state index in [0.717, 1.165) is 37.3 Å². The van der Waals surface area contributed by atoms with Crippen LogP contribution < -0.4 is 5.32 Å². The molecule has 0 spiro atoms. The molecule has 1 aromatic heterocycles. The summed E-state index contributed by atoms with van der Waals surface area (Å²) < 4.78 is 0. The highest BCUT2D eigenvalue weighted by molar-refractivity contribution is 5.89. The number of H-pyrrole nitrogens is 1. The second kappa shape index (κ2) is 8.14. The number of likely N-dealkylation sites (tertiary alicyclic amines) is 1. The number of urea groups is 1. The van der Waals surface area contributed by atoms with Crippen LogP contribution in [0, 0.1) is 6.92 Å². The molecule has 2 N–H and O–H groups in total. The molecule has 25 heavy (non-hydrogen) atoms. The minimum absolute atomic E-state index is 0.0433. The summed E-state index contributed by atoms with van der Waals surface area (Å²) in [6, 6.07) is 8.06. The average molecular weight is 341 g/mol. The van der Waals surface area contributed by atoms with Crippen LogP contribution in [0.1, 0.15) is 62.3 Å². The highest BCUT2D eigenvalue weighted by atomic mass is 16.2. The van der Waals surface area contributed by atoms with Gasteiger partial charge in [-0.2, -0.15) is 5.10 Å². The molecule has 2 aromatic rings. The van der Waals surface area contributed by atoms with Crippen molar-refractivity contribution in [1.29, 1.82) is 0 Å². The van der Waals surface area contributed by atoms with E-state index in [1.807, 2.05) is 24.0 Å². The first-order valence-corrected chi connectivity index (χ1v) is 9.23. The maximum Gasteiger partial charge on any atom is 0.322 e. The molecule has 6 nitrogen and oxygen atoms in total. The molecule has 0 radical (unpaired) electrons. The van der Waals surface area contributed by atoms with E-state index in [1.54, 1.807) is 0 Å².